The van der Waals surface area contributed by atoms with E-state index in [0.717, 1.165) is 12.1 Å². The minimum Gasteiger partial charge on any atom is -0.486 e. The molecule has 8 heteroatoms. The Balaban J connectivity index is 1.58. The number of rotatable bonds is 4. The fourth-order valence-corrected chi connectivity index (χ4v) is 2.31. The Labute approximate surface area is 141 Å². The van der Waals surface area contributed by atoms with Gasteiger partial charge in [0.2, 0.25) is 5.91 Å². The summed E-state index contributed by atoms with van der Waals surface area (Å²) in [6.45, 7) is 0.733. The van der Waals surface area contributed by atoms with E-state index in [9.17, 15) is 18.0 Å². The van der Waals surface area contributed by atoms with Crippen molar-refractivity contribution in [2.24, 2.45) is 0 Å². The van der Waals surface area contributed by atoms with E-state index in [4.69, 9.17) is 9.47 Å². The van der Waals surface area contributed by atoms with E-state index in [1.165, 1.54) is 12.1 Å². The fourth-order valence-electron chi connectivity index (χ4n) is 2.31. The van der Waals surface area contributed by atoms with Gasteiger partial charge in [-0.3, -0.25) is 4.79 Å². The zero-order valence-electron chi connectivity index (χ0n) is 13.0. The molecule has 2 N–H and O–H groups in total. The van der Waals surface area contributed by atoms with Gasteiger partial charge >= 0.3 is 6.18 Å². The molecule has 1 aliphatic rings. The highest BCUT2D eigenvalue weighted by Crippen LogP contribution is 2.33. The second kappa shape index (κ2) is 6.92. The molecule has 2 aromatic carbocycles. The molecule has 5 nitrogen and oxygen atoms in total. The zero-order chi connectivity index (χ0) is 17.9. The lowest BCUT2D eigenvalue weighted by molar-refractivity contribution is -0.137. The van der Waals surface area contributed by atoms with Gasteiger partial charge in [-0.2, -0.15) is 13.2 Å². The number of amides is 1. The summed E-state index contributed by atoms with van der Waals surface area (Å²) in [4.78, 5) is 12.0. The monoisotopic (exact) mass is 352 g/mol. The van der Waals surface area contributed by atoms with Crippen LogP contribution in [0.15, 0.2) is 42.5 Å². The highest BCUT2D eigenvalue weighted by molar-refractivity contribution is 5.94. The van der Waals surface area contributed by atoms with Crippen LogP contribution in [0.3, 0.4) is 0 Å². The van der Waals surface area contributed by atoms with Crippen LogP contribution in [0, 0.1) is 0 Å². The molecule has 2 aromatic rings. The number of ether oxygens (including phenoxy) is 2. The molecule has 25 heavy (non-hydrogen) atoms. The van der Waals surface area contributed by atoms with Gasteiger partial charge in [-0.1, -0.05) is 6.07 Å². The number of halogens is 3. The Kier molecular flexibility index (Phi) is 4.69. The summed E-state index contributed by atoms with van der Waals surface area (Å²) in [5, 5.41) is 5.32. The van der Waals surface area contributed by atoms with Crippen molar-refractivity contribution in [2.75, 3.05) is 30.4 Å². The maximum atomic E-state index is 12.7. The van der Waals surface area contributed by atoms with Gasteiger partial charge in [0, 0.05) is 17.4 Å². The molecule has 132 valence electrons. The molecular weight excluding hydrogens is 337 g/mol. The van der Waals surface area contributed by atoms with Gasteiger partial charge in [0.15, 0.2) is 11.5 Å². The summed E-state index contributed by atoms with van der Waals surface area (Å²) in [6, 6.07) is 9.66. The first-order valence-electron chi connectivity index (χ1n) is 7.52. The Hall–Kier alpha value is -2.90. The van der Waals surface area contributed by atoms with Crippen molar-refractivity contribution in [3.8, 4) is 11.5 Å². The molecule has 0 radical (unpaired) electrons. The standard InChI is InChI=1S/C17H15F3N2O3/c18-17(19,20)11-2-1-3-12(8-11)21-10-16(23)22-13-4-5-14-15(9-13)25-7-6-24-14/h1-5,8-9,21H,6-7,10H2,(H,22,23). The number of alkyl halides is 3. The largest absolute Gasteiger partial charge is 0.486 e. The minimum atomic E-state index is -4.43. The predicted molar refractivity (Wildman–Crippen MR) is 86.0 cm³/mol. The molecule has 0 bridgehead atoms. The number of nitrogens with one attached hydrogen (secondary N) is 2. The van der Waals surface area contributed by atoms with Crippen LogP contribution in [0.25, 0.3) is 0 Å². The van der Waals surface area contributed by atoms with Crippen molar-refractivity contribution >= 4 is 17.3 Å². The number of carbonyl (C=O) groups is 1. The van der Waals surface area contributed by atoms with Crippen LogP contribution in [0.1, 0.15) is 5.56 Å². The first kappa shape index (κ1) is 16.9. The molecule has 0 fully saturated rings. The fraction of sp³-hybridized carbons (Fsp3) is 0.235. The molecule has 0 atom stereocenters. The second-order valence-corrected chi connectivity index (χ2v) is 5.34. The van der Waals surface area contributed by atoms with E-state index in [2.05, 4.69) is 10.6 Å². The average Bonchev–Trinajstić information content (AvgIpc) is 2.59. The SMILES string of the molecule is O=C(CNc1cccc(C(F)(F)F)c1)Nc1ccc2c(c1)OCCO2. The number of benzene rings is 2. The lowest BCUT2D eigenvalue weighted by Gasteiger charge is -2.19. The zero-order valence-corrected chi connectivity index (χ0v) is 13.0. The minimum absolute atomic E-state index is 0.171. The maximum absolute atomic E-state index is 12.7. The Morgan fingerprint density at radius 1 is 1.00 bits per heavy atom. The Bertz CT molecular complexity index is 778. The number of carbonyl (C=O) groups excluding carboxylic acids is 1. The molecule has 0 saturated carbocycles. The molecule has 0 aromatic heterocycles. The van der Waals surface area contributed by atoms with Crippen LogP contribution >= 0.6 is 0 Å². The lowest BCUT2D eigenvalue weighted by atomic mass is 10.2. The number of anilines is 2. The highest BCUT2D eigenvalue weighted by Gasteiger charge is 2.30. The third kappa shape index (κ3) is 4.34. The van der Waals surface area contributed by atoms with Crippen LogP contribution in [0.4, 0.5) is 24.5 Å². The molecule has 1 heterocycles. The Morgan fingerprint density at radius 2 is 1.76 bits per heavy atom. The van der Waals surface area contributed by atoms with E-state index in [0.29, 0.717) is 30.4 Å². The van der Waals surface area contributed by atoms with Crippen LogP contribution < -0.4 is 20.1 Å². The second-order valence-electron chi connectivity index (χ2n) is 5.34. The molecule has 1 amide bonds. The third-order valence-corrected chi connectivity index (χ3v) is 3.47. The molecule has 0 aliphatic carbocycles. The van der Waals surface area contributed by atoms with Gasteiger partial charge < -0.3 is 20.1 Å². The van der Waals surface area contributed by atoms with Crippen molar-refractivity contribution in [1.82, 2.24) is 0 Å². The predicted octanol–water partition coefficient (Wildman–Crippen LogP) is 3.53. The van der Waals surface area contributed by atoms with Gasteiger partial charge in [-0.05, 0) is 30.3 Å². The normalized spacial score (nSPS) is 13.2. The van der Waals surface area contributed by atoms with E-state index in [1.807, 2.05) is 0 Å². The van der Waals surface area contributed by atoms with Crippen molar-refractivity contribution in [2.45, 2.75) is 6.18 Å². The molecule has 0 spiro atoms. The quantitative estimate of drug-likeness (QED) is 0.884. The summed E-state index contributed by atoms with van der Waals surface area (Å²) in [6.07, 6.45) is -4.43. The molecule has 1 aliphatic heterocycles. The van der Waals surface area contributed by atoms with Gasteiger partial charge in [-0.15, -0.1) is 0 Å². The van der Waals surface area contributed by atoms with E-state index in [-0.39, 0.29) is 12.2 Å². The van der Waals surface area contributed by atoms with Crippen molar-refractivity contribution < 1.29 is 27.4 Å². The number of hydrogen-bond acceptors (Lipinski definition) is 4. The van der Waals surface area contributed by atoms with E-state index >= 15 is 0 Å². The van der Waals surface area contributed by atoms with Crippen molar-refractivity contribution in [3.63, 3.8) is 0 Å². The van der Waals surface area contributed by atoms with Crippen molar-refractivity contribution in [1.29, 1.82) is 0 Å². The molecule has 3 rings (SSSR count). The van der Waals surface area contributed by atoms with Gasteiger partial charge in [0.25, 0.3) is 0 Å². The van der Waals surface area contributed by atoms with Crippen LogP contribution in [-0.2, 0) is 11.0 Å². The highest BCUT2D eigenvalue weighted by atomic mass is 19.4. The summed E-state index contributed by atoms with van der Waals surface area (Å²) < 4.78 is 48.8. The van der Waals surface area contributed by atoms with E-state index < -0.39 is 17.6 Å². The first-order chi connectivity index (χ1) is 11.9. The third-order valence-electron chi connectivity index (χ3n) is 3.47. The van der Waals surface area contributed by atoms with Gasteiger partial charge in [0.1, 0.15) is 13.2 Å². The first-order valence-corrected chi connectivity index (χ1v) is 7.52. The molecule has 0 saturated heterocycles. The van der Waals surface area contributed by atoms with Crippen LogP contribution in [-0.4, -0.2) is 25.7 Å². The summed E-state index contributed by atoms with van der Waals surface area (Å²) in [7, 11) is 0. The smallest absolute Gasteiger partial charge is 0.416 e. The number of hydrogen-bond donors (Lipinski definition) is 2. The molecule has 0 unspecified atom stereocenters. The maximum Gasteiger partial charge on any atom is 0.416 e. The van der Waals surface area contributed by atoms with Crippen molar-refractivity contribution in [3.05, 3.63) is 48.0 Å². The average molecular weight is 352 g/mol. The Morgan fingerprint density at radius 3 is 2.52 bits per heavy atom. The molecular formula is C17H15F3N2O3. The van der Waals surface area contributed by atoms with Crippen LogP contribution in [0.2, 0.25) is 0 Å². The van der Waals surface area contributed by atoms with E-state index in [1.54, 1.807) is 18.2 Å². The summed E-state index contributed by atoms with van der Waals surface area (Å²) in [5.41, 5.74) is -0.0445. The summed E-state index contributed by atoms with van der Waals surface area (Å²) >= 11 is 0. The topological polar surface area (TPSA) is 59.6 Å². The van der Waals surface area contributed by atoms with Gasteiger partial charge in [-0.25, -0.2) is 0 Å². The van der Waals surface area contributed by atoms with Gasteiger partial charge in [0.05, 0.1) is 12.1 Å². The summed E-state index contributed by atoms with van der Waals surface area (Å²) in [5.74, 6) is 0.746. The van der Waals surface area contributed by atoms with Crippen LogP contribution in [0.5, 0.6) is 11.5 Å². The lowest BCUT2D eigenvalue weighted by Crippen LogP contribution is -2.22. The number of fused-ring (bicyclic) bond motifs is 1.